The molecule has 0 aliphatic heterocycles. The van der Waals surface area contributed by atoms with Crippen molar-refractivity contribution in [1.82, 2.24) is 10.4 Å². The largest absolute Gasteiger partial charge is 0.355 e. The lowest BCUT2D eigenvalue weighted by Crippen LogP contribution is -2.29. The molecule has 1 aromatic carbocycles. The predicted molar refractivity (Wildman–Crippen MR) is 61.6 cm³/mol. The highest BCUT2D eigenvalue weighted by Gasteiger charge is 2.19. The minimum atomic E-state index is -0.575. The molecule has 0 bridgehead atoms. The second-order valence-electron chi connectivity index (χ2n) is 3.28. The zero-order valence-electron chi connectivity index (χ0n) is 8.36. The maximum Gasteiger partial charge on any atom is 0.294 e. The van der Waals surface area contributed by atoms with Gasteiger partial charge in [-0.05, 0) is 6.07 Å². The number of nitro benzene ring substituents is 1. The van der Waals surface area contributed by atoms with Gasteiger partial charge < -0.3 is 4.98 Å². The van der Waals surface area contributed by atoms with Gasteiger partial charge in [0.15, 0.2) is 0 Å². The van der Waals surface area contributed by atoms with Crippen LogP contribution in [0, 0.1) is 10.1 Å². The fourth-order valence-electron chi connectivity index (χ4n) is 1.59. The lowest BCUT2D eigenvalue weighted by atomic mass is 10.1. The number of nitrogens with zero attached hydrogens (tertiary/aromatic N) is 1. The standard InChI is InChI=1S/C9H7ClN4O3/c10-4-1-5-6(9(15)13-11)3-12-8(5)7(2-4)14(16)17/h1-3,12H,11H2,(H,13,15). The molecule has 0 saturated heterocycles. The molecule has 2 aromatic rings. The molecule has 0 atom stereocenters. The van der Waals surface area contributed by atoms with Crippen LogP contribution in [0.25, 0.3) is 10.9 Å². The topological polar surface area (TPSA) is 114 Å². The second kappa shape index (κ2) is 4.04. The van der Waals surface area contributed by atoms with Gasteiger partial charge in [-0.3, -0.25) is 20.3 Å². The Morgan fingerprint density at radius 2 is 2.24 bits per heavy atom. The summed E-state index contributed by atoms with van der Waals surface area (Å²) in [5.74, 6) is 4.46. The highest BCUT2D eigenvalue weighted by atomic mass is 35.5. The molecule has 0 aliphatic rings. The number of nitro groups is 1. The molecular formula is C9H7ClN4O3. The molecule has 0 spiro atoms. The molecule has 0 fully saturated rings. The van der Waals surface area contributed by atoms with Gasteiger partial charge in [-0.15, -0.1) is 0 Å². The monoisotopic (exact) mass is 254 g/mol. The van der Waals surface area contributed by atoms with Gasteiger partial charge in [-0.1, -0.05) is 11.6 Å². The molecule has 0 radical (unpaired) electrons. The van der Waals surface area contributed by atoms with Gasteiger partial charge in [0.1, 0.15) is 5.52 Å². The van der Waals surface area contributed by atoms with E-state index in [0.29, 0.717) is 5.39 Å². The van der Waals surface area contributed by atoms with Crippen molar-refractivity contribution in [1.29, 1.82) is 0 Å². The van der Waals surface area contributed by atoms with E-state index in [-0.39, 0.29) is 21.8 Å². The maximum atomic E-state index is 11.4. The van der Waals surface area contributed by atoms with E-state index < -0.39 is 10.8 Å². The van der Waals surface area contributed by atoms with E-state index in [1.165, 1.54) is 18.3 Å². The second-order valence-corrected chi connectivity index (χ2v) is 3.72. The summed E-state index contributed by atoms with van der Waals surface area (Å²) < 4.78 is 0. The first kappa shape index (κ1) is 11.4. The van der Waals surface area contributed by atoms with Gasteiger partial charge >= 0.3 is 0 Å². The first-order valence-electron chi connectivity index (χ1n) is 4.50. The molecule has 8 heteroatoms. The van der Waals surface area contributed by atoms with Crippen molar-refractivity contribution >= 4 is 34.1 Å². The lowest BCUT2D eigenvalue weighted by Gasteiger charge is -1.98. The number of halogens is 1. The Bertz CT molecular complexity index is 622. The number of benzene rings is 1. The van der Waals surface area contributed by atoms with Crippen LogP contribution in [0.2, 0.25) is 5.02 Å². The van der Waals surface area contributed by atoms with Crippen LogP contribution in [0.1, 0.15) is 10.4 Å². The first-order valence-corrected chi connectivity index (χ1v) is 4.88. The Morgan fingerprint density at radius 1 is 1.53 bits per heavy atom. The van der Waals surface area contributed by atoms with Crippen LogP contribution in [0.4, 0.5) is 5.69 Å². The van der Waals surface area contributed by atoms with Crippen LogP contribution in [0.5, 0.6) is 0 Å². The number of nitrogen functional groups attached to an aromatic ring is 1. The fourth-order valence-corrected chi connectivity index (χ4v) is 1.80. The molecular weight excluding hydrogens is 248 g/mol. The molecule has 0 saturated carbocycles. The third-order valence-corrected chi connectivity index (χ3v) is 2.52. The summed E-state index contributed by atoms with van der Waals surface area (Å²) in [5, 5.41) is 11.3. The molecule has 4 N–H and O–H groups in total. The van der Waals surface area contributed by atoms with Gasteiger partial charge in [0.2, 0.25) is 0 Å². The quantitative estimate of drug-likeness (QED) is 0.325. The van der Waals surface area contributed by atoms with Crippen LogP contribution in [-0.2, 0) is 0 Å². The highest BCUT2D eigenvalue weighted by molar-refractivity contribution is 6.32. The van der Waals surface area contributed by atoms with Gasteiger partial charge in [-0.2, -0.15) is 0 Å². The summed E-state index contributed by atoms with van der Waals surface area (Å²) in [7, 11) is 0. The Hall–Kier alpha value is -2.12. The van der Waals surface area contributed by atoms with Crippen LogP contribution in [-0.4, -0.2) is 15.8 Å². The molecule has 1 heterocycles. The number of hydrogen-bond acceptors (Lipinski definition) is 4. The Balaban J connectivity index is 2.77. The van der Waals surface area contributed by atoms with E-state index in [0.717, 1.165) is 0 Å². The number of nitrogens with two attached hydrogens (primary N) is 1. The number of aromatic nitrogens is 1. The number of hydrazine groups is 1. The minimum Gasteiger partial charge on any atom is -0.355 e. The van der Waals surface area contributed by atoms with Crippen LogP contribution >= 0.6 is 11.6 Å². The zero-order chi connectivity index (χ0) is 12.6. The summed E-state index contributed by atoms with van der Waals surface area (Å²) >= 11 is 5.76. The van der Waals surface area contributed by atoms with Crippen molar-refractivity contribution in [3.63, 3.8) is 0 Å². The minimum absolute atomic E-state index is 0.176. The summed E-state index contributed by atoms with van der Waals surface area (Å²) in [6, 6.07) is 2.68. The SMILES string of the molecule is NNC(=O)c1c[nH]c2c([N+](=O)[O-])cc(Cl)cc12. The van der Waals surface area contributed by atoms with E-state index in [1.807, 2.05) is 5.43 Å². The molecule has 17 heavy (non-hydrogen) atoms. The van der Waals surface area contributed by atoms with Crippen molar-refractivity contribution in [2.45, 2.75) is 0 Å². The number of carbonyl (C=O) groups excluding carboxylic acids is 1. The number of carbonyl (C=O) groups is 1. The Kier molecular flexibility index (Phi) is 2.70. The van der Waals surface area contributed by atoms with Crippen molar-refractivity contribution in [2.75, 3.05) is 0 Å². The fraction of sp³-hybridized carbons (Fsp3) is 0. The van der Waals surface area contributed by atoms with Crippen LogP contribution in [0.15, 0.2) is 18.3 Å². The van der Waals surface area contributed by atoms with E-state index in [9.17, 15) is 14.9 Å². The third-order valence-electron chi connectivity index (χ3n) is 2.31. The van der Waals surface area contributed by atoms with Gasteiger partial charge in [0.05, 0.1) is 10.5 Å². The normalized spacial score (nSPS) is 10.5. The van der Waals surface area contributed by atoms with E-state index in [1.54, 1.807) is 0 Å². The number of aromatic amines is 1. The van der Waals surface area contributed by atoms with E-state index in [2.05, 4.69) is 4.98 Å². The lowest BCUT2D eigenvalue weighted by molar-refractivity contribution is -0.383. The van der Waals surface area contributed by atoms with Crippen LogP contribution in [0.3, 0.4) is 0 Å². The number of rotatable bonds is 2. The molecule has 1 amide bonds. The van der Waals surface area contributed by atoms with E-state index in [4.69, 9.17) is 17.4 Å². The van der Waals surface area contributed by atoms with Crippen molar-refractivity contribution in [2.24, 2.45) is 5.84 Å². The summed E-state index contributed by atoms with van der Waals surface area (Å²) in [6.07, 6.45) is 1.34. The number of fused-ring (bicyclic) bond motifs is 1. The average Bonchev–Trinajstić information content (AvgIpc) is 2.70. The van der Waals surface area contributed by atoms with E-state index >= 15 is 0 Å². The Labute approximate surface area is 99.7 Å². The summed E-state index contributed by atoms with van der Waals surface area (Å²) in [4.78, 5) is 24.3. The smallest absolute Gasteiger partial charge is 0.294 e. The number of nitrogens with one attached hydrogen (secondary N) is 2. The third kappa shape index (κ3) is 1.81. The maximum absolute atomic E-state index is 11.4. The molecule has 0 aliphatic carbocycles. The number of amides is 1. The number of non-ortho nitro benzene ring substituents is 1. The van der Waals surface area contributed by atoms with Crippen LogP contribution < -0.4 is 11.3 Å². The summed E-state index contributed by atoms with van der Waals surface area (Å²) in [6.45, 7) is 0. The van der Waals surface area contributed by atoms with Crippen molar-refractivity contribution in [3.05, 3.63) is 39.0 Å². The molecule has 0 unspecified atom stereocenters. The van der Waals surface area contributed by atoms with Gasteiger partial charge in [-0.25, -0.2) is 5.84 Å². The Morgan fingerprint density at radius 3 is 2.82 bits per heavy atom. The number of H-pyrrole nitrogens is 1. The first-order chi connectivity index (χ1) is 8.04. The van der Waals surface area contributed by atoms with Crippen molar-refractivity contribution in [3.8, 4) is 0 Å². The molecule has 1 aromatic heterocycles. The zero-order valence-corrected chi connectivity index (χ0v) is 9.12. The highest BCUT2D eigenvalue weighted by Crippen LogP contribution is 2.30. The van der Waals surface area contributed by atoms with Gasteiger partial charge in [0, 0.05) is 22.7 Å². The molecule has 2 rings (SSSR count). The number of hydrogen-bond donors (Lipinski definition) is 3. The molecule has 88 valence electrons. The predicted octanol–water partition coefficient (Wildman–Crippen LogP) is 1.33. The average molecular weight is 255 g/mol. The molecule has 7 nitrogen and oxygen atoms in total. The summed E-state index contributed by atoms with van der Waals surface area (Å²) in [5.41, 5.74) is 2.20. The van der Waals surface area contributed by atoms with Gasteiger partial charge in [0.25, 0.3) is 11.6 Å². The van der Waals surface area contributed by atoms with Crippen molar-refractivity contribution < 1.29 is 9.72 Å².